The predicted molar refractivity (Wildman–Crippen MR) is 79.0 cm³/mol. The van der Waals surface area contributed by atoms with Crippen LogP contribution in [0.4, 0.5) is 0 Å². The minimum absolute atomic E-state index is 0.393. The molecule has 2 nitrogen and oxygen atoms in total. The fraction of sp³-hybridized carbons (Fsp3) is 0.714. The summed E-state index contributed by atoms with van der Waals surface area (Å²) >= 11 is 5.13. The normalized spacial score (nSPS) is 30.3. The second-order valence-corrected chi connectivity index (χ2v) is 6.87. The van der Waals surface area contributed by atoms with Gasteiger partial charge in [-0.2, -0.15) is 11.3 Å². The van der Waals surface area contributed by atoms with Gasteiger partial charge in [0.05, 0.1) is 5.60 Å². The van der Waals surface area contributed by atoms with Crippen LogP contribution in [-0.4, -0.2) is 17.3 Å². The van der Waals surface area contributed by atoms with Crippen LogP contribution in [0.2, 0.25) is 0 Å². The number of hydrogen-bond acceptors (Lipinski definition) is 3. The molecular formula is C14H21BrO2S. The molecule has 0 bridgehead atoms. The number of aliphatic hydroxyl groups excluding tert-OH is 1. The molecule has 1 N–H and O–H groups in total. The van der Waals surface area contributed by atoms with Crippen LogP contribution >= 0.6 is 27.3 Å². The fourth-order valence-corrected chi connectivity index (χ4v) is 4.59. The smallest absolute Gasteiger partial charge is 0.110 e. The molecule has 1 heterocycles. The molecule has 0 spiro atoms. The molecule has 1 fully saturated rings. The van der Waals surface area contributed by atoms with E-state index in [0.29, 0.717) is 12.5 Å². The molecule has 1 aromatic heterocycles. The summed E-state index contributed by atoms with van der Waals surface area (Å²) in [7, 11) is 0. The van der Waals surface area contributed by atoms with Crippen molar-refractivity contribution in [1.29, 1.82) is 0 Å². The van der Waals surface area contributed by atoms with Crippen molar-refractivity contribution in [3.8, 4) is 0 Å². The molecule has 0 aliphatic heterocycles. The summed E-state index contributed by atoms with van der Waals surface area (Å²) in [6.07, 6.45) is 3.76. The Balaban J connectivity index is 2.26. The van der Waals surface area contributed by atoms with E-state index in [1.807, 2.05) is 17.7 Å². The lowest BCUT2D eigenvalue weighted by atomic mass is 9.74. The molecule has 1 aromatic rings. The second-order valence-electron chi connectivity index (χ2n) is 5.28. The Hall–Kier alpha value is 0.100. The number of rotatable bonds is 4. The van der Waals surface area contributed by atoms with Crippen molar-refractivity contribution in [2.45, 2.75) is 51.2 Å². The van der Waals surface area contributed by atoms with Crippen molar-refractivity contribution in [2.75, 3.05) is 6.61 Å². The van der Waals surface area contributed by atoms with Crippen molar-refractivity contribution >= 4 is 27.3 Å². The zero-order valence-corrected chi connectivity index (χ0v) is 13.4. The van der Waals surface area contributed by atoms with Crippen molar-refractivity contribution < 1.29 is 9.84 Å². The molecule has 0 radical (unpaired) electrons. The maximum absolute atomic E-state index is 10.8. The van der Waals surface area contributed by atoms with E-state index in [1.165, 1.54) is 6.42 Å². The number of aliphatic hydroxyl groups is 1. The van der Waals surface area contributed by atoms with Gasteiger partial charge < -0.3 is 9.84 Å². The van der Waals surface area contributed by atoms with Gasteiger partial charge in [0.1, 0.15) is 6.10 Å². The van der Waals surface area contributed by atoms with E-state index in [-0.39, 0.29) is 0 Å². The van der Waals surface area contributed by atoms with Gasteiger partial charge in [-0.25, -0.2) is 0 Å². The third kappa shape index (κ3) is 2.82. The van der Waals surface area contributed by atoms with E-state index in [0.717, 1.165) is 29.3 Å². The molecular weight excluding hydrogens is 312 g/mol. The first kappa shape index (κ1) is 14.5. The molecule has 0 aromatic carbocycles. The Morgan fingerprint density at radius 2 is 2.39 bits per heavy atom. The number of ether oxygens (including phenoxy) is 1. The summed E-state index contributed by atoms with van der Waals surface area (Å²) in [6, 6.07) is 0. The summed E-state index contributed by atoms with van der Waals surface area (Å²) in [4.78, 5) is 0. The van der Waals surface area contributed by atoms with Gasteiger partial charge in [-0.3, -0.25) is 0 Å². The summed E-state index contributed by atoms with van der Waals surface area (Å²) < 4.78 is 7.01. The molecule has 2 rings (SSSR count). The van der Waals surface area contributed by atoms with Gasteiger partial charge in [-0.15, -0.1) is 0 Å². The van der Waals surface area contributed by atoms with Crippen molar-refractivity contribution in [2.24, 2.45) is 5.92 Å². The van der Waals surface area contributed by atoms with Crippen LogP contribution in [0.1, 0.15) is 51.2 Å². The van der Waals surface area contributed by atoms with Crippen molar-refractivity contribution in [3.05, 3.63) is 20.8 Å². The monoisotopic (exact) mass is 332 g/mol. The highest BCUT2D eigenvalue weighted by Crippen LogP contribution is 2.45. The van der Waals surface area contributed by atoms with E-state index < -0.39 is 11.7 Å². The van der Waals surface area contributed by atoms with E-state index in [1.54, 1.807) is 11.3 Å². The highest BCUT2D eigenvalue weighted by atomic mass is 79.9. The van der Waals surface area contributed by atoms with Gasteiger partial charge >= 0.3 is 0 Å². The Bertz CT molecular complexity index is 389. The van der Waals surface area contributed by atoms with Gasteiger partial charge in [-0.1, -0.05) is 19.8 Å². The van der Waals surface area contributed by atoms with Gasteiger partial charge in [0, 0.05) is 22.0 Å². The lowest BCUT2D eigenvalue weighted by Crippen LogP contribution is -2.43. The summed E-state index contributed by atoms with van der Waals surface area (Å²) in [5.74, 6) is 0.623. The molecule has 3 atom stereocenters. The van der Waals surface area contributed by atoms with Crippen molar-refractivity contribution in [1.82, 2.24) is 0 Å². The Kier molecular flexibility index (Phi) is 4.86. The fourth-order valence-electron chi connectivity index (χ4n) is 3.06. The summed E-state index contributed by atoms with van der Waals surface area (Å²) in [5, 5.41) is 14.8. The average Bonchev–Trinajstić information content (AvgIpc) is 2.75. The maximum atomic E-state index is 10.8. The van der Waals surface area contributed by atoms with Crippen LogP contribution < -0.4 is 0 Å². The predicted octanol–water partition coefficient (Wildman–Crippen LogP) is 4.53. The SMILES string of the molecule is CCOC1(C(O)c2cscc2Br)CCCC(C)C1. The molecule has 1 saturated carbocycles. The standard InChI is InChI=1S/C14H21BrO2S/c1-3-17-14(6-4-5-10(2)7-14)13(16)11-8-18-9-12(11)15/h8-10,13,16H,3-7H2,1-2H3. The zero-order chi connectivity index (χ0) is 13.2. The second kappa shape index (κ2) is 6.04. The van der Waals surface area contributed by atoms with Crippen molar-refractivity contribution in [3.63, 3.8) is 0 Å². The molecule has 1 aliphatic carbocycles. The van der Waals surface area contributed by atoms with E-state index in [9.17, 15) is 5.11 Å². The highest BCUT2D eigenvalue weighted by molar-refractivity contribution is 9.10. The summed E-state index contributed by atoms with van der Waals surface area (Å²) in [6.45, 7) is 4.92. The molecule has 18 heavy (non-hydrogen) atoms. The molecule has 0 amide bonds. The largest absolute Gasteiger partial charge is 0.385 e. The van der Waals surface area contributed by atoms with Gasteiger partial charge in [-0.05, 0) is 47.0 Å². The van der Waals surface area contributed by atoms with Crippen LogP contribution in [0.25, 0.3) is 0 Å². The third-order valence-electron chi connectivity index (χ3n) is 3.86. The Morgan fingerprint density at radius 3 is 2.94 bits per heavy atom. The number of hydrogen-bond donors (Lipinski definition) is 1. The molecule has 3 unspecified atom stereocenters. The Labute approximate surface area is 121 Å². The quantitative estimate of drug-likeness (QED) is 0.877. The Morgan fingerprint density at radius 1 is 1.61 bits per heavy atom. The number of halogens is 1. The lowest BCUT2D eigenvalue weighted by Gasteiger charge is -2.43. The third-order valence-corrected chi connectivity index (χ3v) is 5.61. The van der Waals surface area contributed by atoms with E-state index in [4.69, 9.17) is 4.74 Å². The average molecular weight is 333 g/mol. The first-order chi connectivity index (χ1) is 8.59. The van der Waals surface area contributed by atoms with Crippen LogP contribution in [0.15, 0.2) is 15.2 Å². The van der Waals surface area contributed by atoms with E-state index >= 15 is 0 Å². The van der Waals surface area contributed by atoms with Gasteiger partial charge in [0.25, 0.3) is 0 Å². The minimum atomic E-state index is -0.527. The molecule has 102 valence electrons. The maximum Gasteiger partial charge on any atom is 0.110 e. The van der Waals surface area contributed by atoms with E-state index in [2.05, 4.69) is 22.9 Å². The molecule has 0 saturated heterocycles. The zero-order valence-electron chi connectivity index (χ0n) is 11.0. The first-order valence-corrected chi connectivity index (χ1v) is 8.36. The molecule has 1 aliphatic rings. The summed E-state index contributed by atoms with van der Waals surface area (Å²) in [5.41, 5.74) is 0.582. The highest BCUT2D eigenvalue weighted by Gasteiger charge is 2.43. The molecule has 4 heteroatoms. The van der Waals surface area contributed by atoms with Crippen LogP contribution in [0, 0.1) is 5.92 Å². The topological polar surface area (TPSA) is 29.5 Å². The lowest BCUT2D eigenvalue weighted by molar-refractivity contribution is -0.150. The van der Waals surface area contributed by atoms with Gasteiger partial charge in [0.15, 0.2) is 0 Å². The first-order valence-electron chi connectivity index (χ1n) is 6.62. The van der Waals surface area contributed by atoms with Crippen LogP contribution in [0.5, 0.6) is 0 Å². The van der Waals surface area contributed by atoms with Gasteiger partial charge in [0.2, 0.25) is 0 Å². The van der Waals surface area contributed by atoms with Crippen LogP contribution in [0.3, 0.4) is 0 Å². The minimum Gasteiger partial charge on any atom is -0.385 e. The van der Waals surface area contributed by atoms with Crippen LogP contribution in [-0.2, 0) is 4.74 Å². The number of thiophene rings is 1.